The zero-order chi connectivity index (χ0) is 71.8. The number of hydrogen-bond acceptors (Lipinski definition) is 19. The van der Waals surface area contributed by atoms with E-state index < -0.39 is 143 Å². The van der Waals surface area contributed by atoms with Crippen LogP contribution in [0.4, 0.5) is 0 Å². The number of esters is 6. The molecule has 5 N–H and O–H groups in total. The summed E-state index contributed by atoms with van der Waals surface area (Å²) < 4.78 is 43.9. The van der Waals surface area contributed by atoms with Crippen molar-refractivity contribution >= 4 is 47.5 Å². The molecule has 20 nitrogen and oxygen atoms in total. The molecule has 536 valence electrons. The summed E-state index contributed by atoms with van der Waals surface area (Å²) in [4.78, 5) is 115. The highest BCUT2D eigenvalue weighted by molar-refractivity contribution is 5.96. The Bertz CT molecular complexity index is 3740. The molecule has 11 rings (SSSR count). The lowest BCUT2D eigenvalue weighted by Crippen LogP contribution is -2.82. The smallest absolute Gasteiger partial charge is 0.338 e. The Morgan fingerprint density at radius 3 is 2.02 bits per heavy atom. The van der Waals surface area contributed by atoms with Crippen LogP contribution in [0.2, 0.25) is 0 Å². The van der Waals surface area contributed by atoms with Crippen LogP contribution in [-0.2, 0) is 61.9 Å². The molecular weight excluding hydrogens is 1280 g/mol. The summed E-state index contributed by atoms with van der Waals surface area (Å²) in [6.45, 7) is 16.9. The molecule has 0 aromatic heterocycles. The number of allylic oxidation sites excluding steroid dienone is 4. The topological polar surface area (TPSA) is 294 Å². The number of carbonyl (C=O) groups excluding carboxylic acids is 8. The number of benzene rings is 3. The van der Waals surface area contributed by atoms with Crippen LogP contribution in [0.15, 0.2) is 150 Å². The highest BCUT2D eigenvalue weighted by Gasteiger charge is 2.79. The maximum absolute atomic E-state index is 16.6. The van der Waals surface area contributed by atoms with Crippen molar-refractivity contribution in [3.8, 4) is 0 Å². The van der Waals surface area contributed by atoms with Crippen molar-refractivity contribution < 1.29 is 91.9 Å². The van der Waals surface area contributed by atoms with Crippen LogP contribution in [0, 0.1) is 45.8 Å². The molecule has 7 aliphatic carbocycles. The summed E-state index contributed by atoms with van der Waals surface area (Å²) in [5, 5.41) is 50.8. The number of Topliss-reactive ketones (excluding diaryl/α,β-unsaturated/α-hetero) is 1. The third kappa shape index (κ3) is 14.4. The van der Waals surface area contributed by atoms with Gasteiger partial charge in [0.05, 0.1) is 41.8 Å². The standard InChI is InChI=1S/C80H97NO19/c1-45(31-38-59(85)51-33-34-51)57-36-37-58-50(28-21-39-77(57,58)8)32-35-55-40-56(84)41-60(46(55)2)96-64(86)29-19-20-30-65(87)98-62-42-63-79(44-94-63,100-49(5)83)70-72(99-74(91)54-26-17-12-18-27-54)80(93)43-61(47(3)66(76(80,6)7)69(95-48(4)82)71(89)78(62,70)9)97-75(92)68(88)67(52-22-13-10-14-23-52)81-73(90)53-24-15-11-16-25-53/h10-18,22-27,31-32,35,38,45,51,56-63,67-70,72,84-85,88,93H,2,19-21,28-30,33-34,36-37,39-44H2,1,3-9H3,(H,81,90)/b38-31+,50-32+,55-35-/t45-,56+,57?,58?,59?,60-,61?,62?,63?,67?,68?,69?,70?,72?,77+,78?,79?,80?/m0/s1. The van der Waals surface area contributed by atoms with Gasteiger partial charge in [0.25, 0.3) is 5.91 Å². The van der Waals surface area contributed by atoms with Crippen LogP contribution < -0.4 is 5.32 Å². The normalized spacial score (nSPS) is 33.4. The lowest BCUT2D eigenvalue weighted by molar-refractivity contribution is -0.346. The molecule has 6 saturated carbocycles. The number of ether oxygens (including phenoxy) is 7. The van der Waals surface area contributed by atoms with Crippen molar-refractivity contribution in [2.24, 2.45) is 45.8 Å². The van der Waals surface area contributed by atoms with Crippen molar-refractivity contribution in [2.75, 3.05) is 6.61 Å². The monoisotopic (exact) mass is 1380 g/mol. The molecule has 100 heavy (non-hydrogen) atoms. The van der Waals surface area contributed by atoms with E-state index in [0.717, 1.165) is 64.4 Å². The Kier molecular flexibility index (Phi) is 21.7. The second-order valence-electron chi connectivity index (χ2n) is 30.2. The molecule has 0 radical (unpaired) electrons. The fraction of sp³-hybridized carbons (Fsp3) is 0.550. The van der Waals surface area contributed by atoms with E-state index >= 15 is 4.79 Å². The predicted molar refractivity (Wildman–Crippen MR) is 366 cm³/mol. The maximum Gasteiger partial charge on any atom is 0.338 e. The number of rotatable bonds is 22. The SMILES string of the molecule is C=C1/C(=C\C=C2/CCC[C@@]3(C)C2CCC3[C@@H](C)/C=C/C(O)C2CC2)C[C@@H](O)C[C@@H]1OC(=O)CCCCC(=O)OC1CC2OCC2(OC(C)=O)C2C(OC(=O)c3ccccc3)C3(O)CC(OC(=O)C(O)C(NC(=O)c4ccccc4)c4ccccc4)C(C)=C(C(OC(C)=O)C(=O)C12C)C3(C)C. The third-order valence-corrected chi connectivity index (χ3v) is 23.6. The molecule has 1 amide bonds. The summed E-state index contributed by atoms with van der Waals surface area (Å²) in [7, 11) is 0. The van der Waals surface area contributed by atoms with Crippen molar-refractivity contribution in [1.82, 2.24) is 5.32 Å². The summed E-state index contributed by atoms with van der Waals surface area (Å²) in [6.07, 6.45) is 3.24. The first-order valence-corrected chi connectivity index (χ1v) is 35.6. The lowest BCUT2D eigenvalue weighted by Gasteiger charge is -2.67. The van der Waals surface area contributed by atoms with Crippen LogP contribution >= 0.6 is 0 Å². The first kappa shape index (κ1) is 73.3. The highest BCUT2D eigenvalue weighted by Crippen LogP contribution is 2.66. The third-order valence-electron chi connectivity index (χ3n) is 23.6. The van der Waals surface area contributed by atoms with Crippen LogP contribution in [0.25, 0.3) is 0 Å². The predicted octanol–water partition coefficient (Wildman–Crippen LogP) is 10.5. The van der Waals surface area contributed by atoms with E-state index in [4.69, 9.17) is 33.2 Å². The average molecular weight is 1380 g/mol. The van der Waals surface area contributed by atoms with Crippen LogP contribution in [0.5, 0.6) is 0 Å². The number of ketones is 1. The van der Waals surface area contributed by atoms with Gasteiger partial charge in [-0.05, 0) is 159 Å². The summed E-state index contributed by atoms with van der Waals surface area (Å²) >= 11 is 0. The first-order valence-electron chi connectivity index (χ1n) is 35.6. The van der Waals surface area contributed by atoms with E-state index in [1.165, 1.54) is 31.6 Å². The van der Waals surface area contributed by atoms with Gasteiger partial charge in [-0.2, -0.15) is 0 Å². The second kappa shape index (κ2) is 29.6. The minimum Gasteiger partial charge on any atom is -0.461 e. The van der Waals surface area contributed by atoms with E-state index in [0.29, 0.717) is 41.2 Å². The number of unbranched alkanes of at least 4 members (excludes halogenated alkanes) is 1. The van der Waals surface area contributed by atoms with Crippen molar-refractivity contribution in [1.29, 1.82) is 0 Å². The second-order valence-corrected chi connectivity index (χ2v) is 30.2. The molecular formula is C80H97NO19. The van der Waals surface area contributed by atoms with E-state index in [1.807, 2.05) is 12.2 Å². The molecule has 7 fully saturated rings. The van der Waals surface area contributed by atoms with Gasteiger partial charge >= 0.3 is 35.8 Å². The van der Waals surface area contributed by atoms with Gasteiger partial charge in [0.2, 0.25) is 0 Å². The van der Waals surface area contributed by atoms with Gasteiger partial charge in [-0.25, -0.2) is 9.59 Å². The zero-order valence-corrected chi connectivity index (χ0v) is 58.6. The molecule has 1 heterocycles. The quantitative estimate of drug-likeness (QED) is 0.0270. The molecule has 18 atom stereocenters. The molecule has 0 spiro atoms. The Balaban J connectivity index is 0.838. The van der Waals surface area contributed by atoms with Gasteiger partial charge < -0.3 is 58.9 Å². The van der Waals surface area contributed by atoms with Gasteiger partial charge in [-0.15, -0.1) is 0 Å². The molecule has 14 unspecified atom stereocenters. The number of hydrogen-bond donors (Lipinski definition) is 5. The zero-order valence-electron chi connectivity index (χ0n) is 58.6. The molecule has 1 aliphatic heterocycles. The average Bonchev–Trinajstić information content (AvgIpc) is 0.806. The van der Waals surface area contributed by atoms with Gasteiger partial charge in [0, 0.05) is 56.9 Å². The molecule has 2 bridgehead atoms. The van der Waals surface area contributed by atoms with Gasteiger partial charge in [-0.3, -0.25) is 28.8 Å². The number of carbonyl (C=O) groups is 8. The Labute approximate surface area is 584 Å². The number of aliphatic hydroxyl groups excluding tert-OH is 3. The van der Waals surface area contributed by atoms with E-state index in [1.54, 1.807) is 92.7 Å². The number of amides is 1. The minimum absolute atomic E-state index is 0.0117. The fourth-order valence-corrected chi connectivity index (χ4v) is 18.0. The fourth-order valence-electron chi connectivity index (χ4n) is 18.0. The van der Waals surface area contributed by atoms with Gasteiger partial charge in [0.15, 0.2) is 23.6 Å². The number of fused-ring (bicyclic) bond motifs is 6. The minimum atomic E-state index is -2.53. The molecule has 3 aromatic rings. The van der Waals surface area contributed by atoms with E-state index in [-0.39, 0.29) is 72.3 Å². The van der Waals surface area contributed by atoms with Crippen LogP contribution in [-0.4, -0.2) is 141 Å². The van der Waals surface area contributed by atoms with E-state index in [2.05, 4.69) is 37.9 Å². The van der Waals surface area contributed by atoms with Crippen molar-refractivity contribution in [3.63, 3.8) is 0 Å². The van der Waals surface area contributed by atoms with Gasteiger partial charge in [0.1, 0.15) is 36.1 Å². The number of nitrogens with one attached hydrogen (secondary N) is 1. The molecule has 8 aliphatic rings. The van der Waals surface area contributed by atoms with Crippen molar-refractivity contribution in [3.05, 3.63) is 166 Å². The van der Waals surface area contributed by atoms with E-state index in [9.17, 15) is 54.0 Å². The summed E-state index contributed by atoms with van der Waals surface area (Å²) in [6, 6.07) is 22.7. The number of aliphatic hydroxyl groups is 4. The Morgan fingerprint density at radius 2 is 1.40 bits per heavy atom. The Morgan fingerprint density at radius 1 is 0.760 bits per heavy atom. The molecule has 3 aromatic carbocycles. The van der Waals surface area contributed by atoms with Gasteiger partial charge in [-0.1, -0.05) is 131 Å². The van der Waals surface area contributed by atoms with Crippen LogP contribution in [0.3, 0.4) is 0 Å². The lowest BCUT2D eigenvalue weighted by atomic mass is 9.44. The first-order chi connectivity index (χ1) is 47.5. The maximum atomic E-state index is 16.6. The summed E-state index contributed by atoms with van der Waals surface area (Å²) in [5.41, 5.74) is -4.94. The Hall–Kier alpha value is -7.88. The summed E-state index contributed by atoms with van der Waals surface area (Å²) in [5.74, 6) is -7.08. The highest BCUT2D eigenvalue weighted by atomic mass is 16.6. The van der Waals surface area contributed by atoms with Crippen LogP contribution in [0.1, 0.15) is 184 Å². The molecule has 1 saturated heterocycles. The molecule has 20 heteroatoms. The largest absolute Gasteiger partial charge is 0.461 e. The van der Waals surface area contributed by atoms with Crippen molar-refractivity contribution in [2.45, 2.75) is 224 Å².